The molecule has 0 aliphatic heterocycles. The largest absolute Gasteiger partial charge is 0.490 e. The van der Waals surface area contributed by atoms with E-state index in [4.69, 9.17) is 4.74 Å². The lowest BCUT2D eigenvalue weighted by molar-refractivity contribution is -0.385. The van der Waals surface area contributed by atoms with Crippen LogP contribution in [0.3, 0.4) is 0 Å². The maximum Gasteiger partial charge on any atom is 0.310 e. The molecule has 16 heavy (non-hydrogen) atoms. The molecular weight excluding hydrogens is 208 g/mol. The lowest BCUT2D eigenvalue weighted by Gasteiger charge is -2.05. The van der Waals surface area contributed by atoms with E-state index in [9.17, 15) is 10.1 Å². The number of nitro benzene ring substituents is 1. The van der Waals surface area contributed by atoms with Crippen molar-refractivity contribution in [3.8, 4) is 5.75 Å². The fourth-order valence-corrected chi connectivity index (χ4v) is 1.18. The summed E-state index contributed by atoms with van der Waals surface area (Å²) < 4.78 is 4.96. The first-order valence-corrected chi connectivity index (χ1v) is 4.71. The summed E-state index contributed by atoms with van der Waals surface area (Å²) >= 11 is 0. The summed E-state index contributed by atoms with van der Waals surface area (Å²) in [7, 11) is 5.22. The van der Waals surface area contributed by atoms with Crippen molar-refractivity contribution in [2.75, 3.05) is 21.2 Å². The van der Waals surface area contributed by atoms with Crippen molar-refractivity contribution in [2.24, 2.45) is 0 Å². The predicted octanol–water partition coefficient (Wildman–Crippen LogP) is 2.14. The van der Waals surface area contributed by atoms with Crippen LogP contribution in [0.25, 0.3) is 6.08 Å². The molecule has 5 nitrogen and oxygen atoms in total. The first-order valence-electron chi connectivity index (χ1n) is 4.71. The van der Waals surface area contributed by atoms with Crippen molar-refractivity contribution in [3.05, 3.63) is 40.1 Å². The number of hydrogen-bond donors (Lipinski definition) is 0. The molecule has 0 heterocycles. The Balaban J connectivity index is 3.04. The number of rotatable bonds is 4. The van der Waals surface area contributed by atoms with E-state index in [1.807, 2.05) is 31.3 Å². The number of nitrogens with zero attached hydrogens (tertiary/aromatic N) is 2. The van der Waals surface area contributed by atoms with Gasteiger partial charge in [-0.15, -0.1) is 0 Å². The van der Waals surface area contributed by atoms with E-state index in [1.54, 1.807) is 12.1 Å². The molecule has 0 aliphatic rings. The fraction of sp³-hybridized carbons (Fsp3) is 0.273. The van der Waals surface area contributed by atoms with E-state index in [1.165, 1.54) is 13.2 Å². The molecule has 0 fully saturated rings. The summed E-state index contributed by atoms with van der Waals surface area (Å²) in [6.45, 7) is 0. The van der Waals surface area contributed by atoms with Crippen LogP contribution in [0.5, 0.6) is 5.75 Å². The van der Waals surface area contributed by atoms with Crippen LogP contribution in [0.15, 0.2) is 24.4 Å². The Labute approximate surface area is 94.1 Å². The Hall–Kier alpha value is -2.04. The van der Waals surface area contributed by atoms with Crippen LogP contribution < -0.4 is 4.74 Å². The Morgan fingerprint density at radius 2 is 2.12 bits per heavy atom. The average Bonchev–Trinajstić information content (AvgIpc) is 2.25. The summed E-state index contributed by atoms with van der Waals surface area (Å²) in [5.41, 5.74) is 0.834. The minimum absolute atomic E-state index is 0.0236. The zero-order valence-corrected chi connectivity index (χ0v) is 9.51. The van der Waals surface area contributed by atoms with Crippen molar-refractivity contribution in [2.45, 2.75) is 0 Å². The van der Waals surface area contributed by atoms with Crippen LogP contribution in [0.4, 0.5) is 5.69 Å². The van der Waals surface area contributed by atoms with Crippen molar-refractivity contribution in [3.63, 3.8) is 0 Å². The Morgan fingerprint density at radius 1 is 1.44 bits per heavy atom. The number of nitro groups is 1. The smallest absolute Gasteiger partial charge is 0.310 e. The zero-order valence-electron chi connectivity index (χ0n) is 9.51. The van der Waals surface area contributed by atoms with E-state index in [2.05, 4.69) is 0 Å². The fourth-order valence-electron chi connectivity index (χ4n) is 1.18. The summed E-state index contributed by atoms with van der Waals surface area (Å²) in [6.07, 6.45) is 3.72. The third-order valence-corrected chi connectivity index (χ3v) is 1.97. The maximum atomic E-state index is 10.7. The van der Waals surface area contributed by atoms with E-state index >= 15 is 0 Å². The van der Waals surface area contributed by atoms with Gasteiger partial charge in [0.2, 0.25) is 0 Å². The van der Waals surface area contributed by atoms with E-state index < -0.39 is 4.92 Å². The molecule has 0 aromatic heterocycles. The second kappa shape index (κ2) is 5.16. The first kappa shape index (κ1) is 12.0. The standard InChI is InChI=1S/C11H14N2O3/c1-12(2)7-6-9-4-5-10(13(14)15)11(8-9)16-3/h4-8H,1-3H3. The van der Waals surface area contributed by atoms with Gasteiger partial charge < -0.3 is 9.64 Å². The molecule has 0 bridgehead atoms. The maximum absolute atomic E-state index is 10.7. The van der Waals surface area contributed by atoms with E-state index in [0.29, 0.717) is 0 Å². The van der Waals surface area contributed by atoms with Gasteiger partial charge in [0.25, 0.3) is 0 Å². The molecule has 0 radical (unpaired) electrons. The molecule has 1 rings (SSSR count). The van der Waals surface area contributed by atoms with Crippen molar-refractivity contribution < 1.29 is 9.66 Å². The lowest BCUT2D eigenvalue weighted by atomic mass is 10.2. The van der Waals surface area contributed by atoms with Crippen LogP contribution in [0.1, 0.15) is 5.56 Å². The number of ether oxygens (including phenoxy) is 1. The molecule has 0 aliphatic carbocycles. The highest BCUT2D eigenvalue weighted by Crippen LogP contribution is 2.27. The van der Waals surface area contributed by atoms with Crippen LogP contribution in [0, 0.1) is 10.1 Å². The van der Waals surface area contributed by atoms with Crippen LogP contribution in [-0.4, -0.2) is 31.0 Å². The molecule has 0 unspecified atom stereocenters. The number of hydrogen-bond acceptors (Lipinski definition) is 4. The third kappa shape index (κ3) is 2.98. The summed E-state index contributed by atoms with van der Waals surface area (Å²) in [5, 5.41) is 10.7. The normalized spacial score (nSPS) is 10.4. The quantitative estimate of drug-likeness (QED) is 0.578. The average molecular weight is 222 g/mol. The third-order valence-electron chi connectivity index (χ3n) is 1.97. The first-order chi connectivity index (χ1) is 7.54. The predicted molar refractivity (Wildman–Crippen MR) is 62.4 cm³/mol. The van der Waals surface area contributed by atoms with Gasteiger partial charge in [-0.1, -0.05) is 0 Å². The highest BCUT2D eigenvalue weighted by atomic mass is 16.6. The molecule has 86 valence electrons. The van der Waals surface area contributed by atoms with Crippen molar-refractivity contribution in [1.82, 2.24) is 4.90 Å². The highest BCUT2D eigenvalue weighted by molar-refractivity contribution is 5.58. The summed E-state index contributed by atoms with van der Waals surface area (Å²) in [4.78, 5) is 12.1. The minimum atomic E-state index is -0.460. The van der Waals surface area contributed by atoms with Gasteiger partial charge in [-0.25, -0.2) is 0 Å². The zero-order chi connectivity index (χ0) is 12.1. The van der Waals surface area contributed by atoms with Crippen LogP contribution >= 0.6 is 0 Å². The van der Waals surface area contributed by atoms with E-state index in [-0.39, 0.29) is 11.4 Å². The number of methoxy groups -OCH3 is 1. The molecule has 0 amide bonds. The van der Waals surface area contributed by atoms with Gasteiger partial charge in [0, 0.05) is 20.2 Å². The topological polar surface area (TPSA) is 55.6 Å². The van der Waals surface area contributed by atoms with Gasteiger partial charge in [-0.3, -0.25) is 10.1 Å². The molecule has 0 spiro atoms. The minimum Gasteiger partial charge on any atom is -0.490 e. The highest BCUT2D eigenvalue weighted by Gasteiger charge is 2.13. The molecule has 0 atom stereocenters. The van der Waals surface area contributed by atoms with Crippen LogP contribution in [0.2, 0.25) is 0 Å². The van der Waals surface area contributed by atoms with E-state index in [0.717, 1.165) is 5.56 Å². The molecule has 5 heteroatoms. The van der Waals surface area contributed by atoms with Gasteiger partial charge in [0.15, 0.2) is 5.75 Å². The van der Waals surface area contributed by atoms with Gasteiger partial charge in [-0.05, 0) is 30.0 Å². The Bertz CT molecular complexity index is 414. The second-order valence-corrected chi connectivity index (χ2v) is 3.47. The summed E-state index contributed by atoms with van der Waals surface area (Å²) in [5.74, 6) is 0.269. The van der Waals surface area contributed by atoms with Gasteiger partial charge >= 0.3 is 5.69 Å². The molecule has 0 saturated heterocycles. The molecule has 0 saturated carbocycles. The van der Waals surface area contributed by atoms with Crippen molar-refractivity contribution >= 4 is 11.8 Å². The Morgan fingerprint density at radius 3 is 2.62 bits per heavy atom. The molecule has 1 aromatic carbocycles. The van der Waals surface area contributed by atoms with Gasteiger partial charge in [-0.2, -0.15) is 0 Å². The monoisotopic (exact) mass is 222 g/mol. The van der Waals surface area contributed by atoms with Crippen LogP contribution in [-0.2, 0) is 0 Å². The summed E-state index contributed by atoms with van der Waals surface area (Å²) in [6, 6.07) is 4.76. The van der Waals surface area contributed by atoms with Gasteiger partial charge in [0.1, 0.15) is 0 Å². The number of benzene rings is 1. The Kier molecular flexibility index (Phi) is 3.88. The molecule has 0 N–H and O–H groups in total. The van der Waals surface area contributed by atoms with Crippen molar-refractivity contribution in [1.29, 1.82) is 0 Å². The van der Waals surface area contributed by atoms with Gasteiger partial charge in [0.05, 0.1) is 12.0 Å². The molecule has 1 aromatic rings. The lowest BCUT2D eigenvalue weighted by Crippen LogP contribution is -1.99. The molecular formula is C11H14N2O3. The second-order valence-electron chi connectivity index (χ2n) is 3.47. The SMILES string of the molecule is COc1cc(C=CN(C)C)ccc1[N+](=O)[O-].